The predicted octanol–water partition coefficient (Wildman–Crippen LogP) is 16.4. The molecular weight excluding hydrogens is 921 g/mol. The van der Waals surface area contributed by atoms with Crippen LogP contribution < -0.4 is 0 Å². The zero-order chi connectivity index (χ0) is 52.9. The summed E-state index contributed by atoms with van der Waals surface area (Å²) in [4.78, 5) is 79.5. The molecule has 73 heavy (non-hydrogen) atoms. The van der Waals surface area contributed by atoms with E-state index in [1.165, 1.54) is 0 Å². The van der Waals surface area contributed by atoms with Crippen LogP contribution in [0.4, 0.5) is 0 Å². The number of ether oxygens (including phenoxy) is 4. The number of rotatable bonds is 41. The van der Waals surface area contributed by atoms with Gasteiger partial charge in [0.1, 0.15) is 40.5 Å². The fourth-order valence-corrected chi connectivity index (χ4v) is 6.25. The monoisotopic (exact) mass is 1050 g/mol. The fourth-order valence-electron chi connectivity index (χ4n) is 6.25. The van der Waals surface area contributed by atoms with Crippen molar-refractivity contribution in [2.75, 3.05) is 52.9 Å². The van der Waals surface area contributed by atoms with Crippen molar-refractivity contribution in [2.24, 2.45) is 47.3 Å². The van der Waals surface area contributed by atoms with Crippen LogP contribution in [-0.4, -0.2) is 93.3 Å². The van der Waals surface area contributed by atoms with Crippen LogP contribution in [0.1, 0.15) is 263 Å². The third-order valence-electron chi connectivity index (χ3n) is 10.0. The van der Waals surface area contributed by atoms with Gasteiger partial charge in [0.25, 0.3) is 0 Å². The van der Waals surface area contributed by atoms with Gasteiger partial charge in [0.2, 0.25) is 0 Å². The Balaban J connectivity index is -0.000000105. The van der Waals surface area contributed by atoms with Gasteiger partial charge < -0.3 is 18.9 Å². The fraction of sp³-hybridized carbons (Fsp3) is 0.887. The SMILES string of the molecule is C.C.C.C.C.CC(C)C(=O)CCCOCCCC(=O)C(C)C.CC(C)CC(=O)CCCOCCCC(=O)C(C)C.CC(C)CC(=O)CCCOCCCC(=O)CC(C)C.CC(C)COCCCC(=O)CC(C)C. The Morgan fingerprint density at radius 3 is 0.603 bits per heavy atom. The van der Waals surface area contributed by atoms with Crippen LogP contribution in [-0.2, 0) is 52.5 Å². The molecule has 0 aromatic heterocycles. The molecule has 0 aromatic rings. The van der Waals surface area contributed by atoms with Crippen molar-refractivity contribution in [3.8, 4) is 0 Å². The summed E-state index contributed by atoms with van der Waals surface area (Å²) in [5.41, 5.74) is 0. The highest BCUT2D eigenvalue weighted by Crippen LogP contribution is 2.10. The van der Waals surface area contributed by atoms with E-state index in [1.807, 2.05) is 41.5 Å². The van der Waals surface area contributed by atoms with Crippen LogP contribution in [0.3, 0.4) is 0 Å². The van der Waals surface area contributed by atoms with Crippen molar-refractivity contribution in [1.29, 1.82) is 0 Å². The molecule has 0 aliphatic carbocycles. The molecule has 0 saturated carbocycles. The van der Waals surface area contributed by atoms with E-state index in [-0.39, 0.29) is 54.9 Å². The first kappa shape index (κ1) is 90.1. The molecule has 11 heteroatoms. The van der Waals surface area contributed by atoms with Crippen molar-refractivity contribution in [3.05, 3.63) is 0 Å². The Morgan fingerprint density at radius 1 is 0.260 bits per heavy atom. The molecular formula is C62H128O11. The zero-order valence-corrected chi connectivity index (χ0v) is 47.0. The quantitative estimate of drug-likeness (QED) is 0.0537. The van der Waals surface area contributed by atoms with Crippen LogP contribution in [0.15, 0.2) is 0 Å². The molecule has 0 amide bonds. The second-order valence-electron chi connectivity index (χ2n) is 21.4. The van der Waals surface area contributed by atoms with E-state index in [4.69, 9.17) is 18.9 Å². The van der Waals surface area contributed by atoms with E-state index >= 15 is 0 Å². The highest BCUT2D eigenvalue weighted by atomic mass is 16.5. The Labute approximate surface area is 455 Å². The van der Waals surface area contributed by atoms with Gasteiger partial charge in [-0.3, -0.25) is 33.6 Å². The van der Waals surface area contributed by atoms with Gasteiger partial charge in [-0.25, -0.2) is 0 Å². The Morgan fingerprint density at radius 2 is 0.438 bits per heavy atom. The van der Waals surface area contributed by atoms with Gasteiger partial charge in [0, 0.05) is 141 Å². The number of hydrogen-bond acceptors (Lipinski definition) is 11. The number of hydrogen-bond donors (Lipinski definition) is 0. The maximum Gasteiger partial charge on any atom is 0.135 e. The van der Waals surface area contributed by atoms with E-state index in [1.54, 1.807) is 0 Å². The number of Topliss-reactive ketones (excluding diaryl/α,β-unsaturated/α-hetero) is 7. The summed E-state index contributed by atoms with van der Waals surface area (Å²) in [6, 6.07) is 0. The topological polar surface area (TPSA) is 156 Å². The van der Waals surface area contributed by atoms with Crippen LogP contribution in [0.25, 0.3) is 0 Å². The molecule has 11 nitrogen and oxygen atoms in total. The Kier molecular flexibility index (Phi) is 76.6. The predicted molar refractivity (Wildman–Crippen MR) is 314 cm³/mol. The molecule has 0 bridgehead atoms. The molecule has 0 N–H and O–H groups in total. The lowest BCUT2D eigenvalue weighted by Gasteiger charge is -2.06. The Hall–Kier alpha value is -2.47. The molecule has 0 aromatic carbocycles. The van der Waals surface area contributed by atoms with E-state index in [0.717, 1.165) is 58.2 Å². The minimum atomic E-state index is 0. The van der Waals surface area contributed by atoms with E-state index in [9.17, 15) is 33.6 Å². The van der Waals surface area contributed by atoms with Crippen molar-refractivity contribution in [2.45, 2.75) is 263 Å². The second kappa shape index (κ2) is 62.1. The van der Waals surface area contributed by atoms with Crippen LogP contribution >= 0.6 is 0 Å². The maximum absolute atomic E-state index is 11.4. The molecule has 0 aliphatic heterocycles. The minimum absolute atomic E-state index is 0. The summed E-state index contributed by atoms with van der Waals surface area (Å²) >= 11 is 0. The second-order valence-corrected chi connectivity index (χ2v) is 21.4. The van der Waals surface area contributed by atoms with Gasteiger partial charge in [0.15, 0.2) is 0 Å². The first-order chi connectivity index (χ1) is 31.8. The normalized spacial score (nSPS) is 10.5. The number of carbonyl (C=O) groups excluding carboxylic acids is 7. The van der Waals surface area contributed by atoms with Gasteiger partial charge >= 0.3 is 0 Å². The van der Waals surface area contributed by atoms with E-state index in [0.29, 0.717) is 180 Å². The lowest BCUT2D eigenvalue weighted by atomic mass is 10.0. The highest BCUT2D eigenvalue weighted by molar-refractivity contribution is 5.81. The maximum atomic E-state index is 11.4. The summed E-state index contributed by atoms with van der Waals surface area (Å²) in [6.45, 7) is 37.5. The summed E-state index contributed by atoms with van der Waals surface area (Å²) < 4.78 is 21.6. The van der Waals surface area contributed by atoms with Gasteiger partial charge in [-0.1, -0.05) is 148 Å². The van der Waals surface area contributed by atoms with Crippen molar-refractivity contribution < 1.29 is 52.5 Å². The standard InChI is InChI=1S/C16H30O3.C15H28O3.C14H26O3.C12H24O2.5CH4/c1-13(2)11-15(17)7-5-9-19-10-6-8-16(18)12-14(3)4;1-12(2)11-14(16)7-5-9-18-10-6-8-15(17)13(3)4;1-11(2)13(15)7-5-9-17-10-6-8-14(16)12(3)4;1-10(2)8-12(13)6-5-7-14-9-11(3)4;;;;;/h13-14H,5-12H2,1-4H3;12-13H,5-11H2,1-4H3;11-12H,5-10H2,1-4H3;10-11H,5-9H2,1-4H3;5*1H4. The van der Waals surface area contributed by atoms with Gasteiger partial charge in [-0.05, 0) is 74.5 Å². The molecule has 0 unspecified atom stereocenters. The average molecular weight is 1050 g/mol. The smallest absolute Gasteiger partial charge is 0.135 e. The highest BCUT2D eigenvalue weighted by Gasteiger charge is 2.10. The lowest BCUT2D eigenvalue weighted by Crippen LogP contribution is -2.10. The number of ketones is 7. The van der Waals surface area contributed by atoms with Crippen LogP contribution in [0, 0.1) is 47.3 Å². The summed E-state index contributed by atoms with van der Waals surface area (Å²) in [6.07, 6.45) is 12.7. The minimum Gasteiger partial charge on any atom is -0.381 e. The summed E-state index contributed by atoms with van der Waals surface area (Å²) in [5, 5.41) is 0. The molecule has 0 spiro atoms. The van der Waals surface area contributed by atoms with Crippen molar-refractivity contribution >= 4 is 40.5 Å². The molecule has 0 aliphatic rings. The lowest BCUT2D eigenvalue weighted by molar-refractivity contribution is -0.123. The first-order valence-electron chi connectivity index (χ1n) is 26.8. The first-order valence-corrected chi connectivity index (χ1v) is 26.8. The molecule has 442 valence electrons. The van der Waals surface area contributed by atoms with Crippen molar-refractivity contribution in [1.82, 2.24) is 0 Å². The van der Waals surface area contributed by atoms with E-state index < -0.39 is 0 Å². The van der Waals surface area contributed by atoms with Gasteiger partial charge in [0.05, 0.1) is 0 Å². The zero-order valence-electron chi connectivity index (χ0n) is 47.0. The van der Waals surface area contributed by atoms with Gasteiger partial charge in [-0.15, -0.1) is 0 Å². The van der Waals surface area contributed by atoms with Crippen LogP contribution in [0.2, 0.25) is 0 Å². The average Bonchev–Trinajstić information content (AvgIpc) is 3.21. The molecule has 0 fully saturated rings. The third-order valence-corrected chi connectivity index (χ3v) is 10.0. The van der Waals surface area contributed by atoms with Crippen molar-refractivity contribution in [3.63, 3.8) is 0 Å². The molecule has 0 radical (unpaired) electrons. The molecule has 0 rings (SSSR count). The molecule has 0 atom stereocenters. The summed E-state index contributed by atoms with van der Waals surface area (Å²) in [5.74, 6) is 5.00. The van der Waals surface area contributed by atoms with Crippen LogP contribution in [0.5, 0.6) is 0 Å². The summed E-state index contributed by atoms with van der Waals surface area (Å²) in [7, 11) is 0. The largest absolute Gasteiger partial charge is 0.381 e. The Bertz CT molecular complexity index is 1210. The van der Waals surface area contributed by atoms with E-state index in [2.05, 4.69) is 69.2 Å². The van der Waals surface area contributed by atoms with Gasteiger partial charge in [-0.2, -0.15) is 0 Å². The number of carbonyl (C=O) groups is 7. The molecule has 0 heterocycles. The molecule has 0 saturated heterocycles. The third kappa shape index (κ3) is 78.6.